The number of rotatable bonds is 2. The number of nitrogens with zero attached hydrogens (tertiary/aromatic N) is 4. The van der Waals surface area contributed by atoms with Crippen molar-refractivity contribution in [3.05, 3.63) is 22.6 Å². The zero-order chi connectivity index (χ0) is 8.97. The molecule has 0 aliphatic heterocycles. The van der Waals surface area contributed by atoms with Crippen LogP contribution >= 0.6 is 0 Å². The van der Waals surface area contributed by atoms with Crippen LogP contribution in [0.1, 0.15) is 0 Å². The van der Waals surface area contributed by atoms with Gasteiger partial charge in [-0.15, -0.1) is 0 Å². The number of isocyanates is 1. The quantitative estimate of drug-likeness (QED) is 0.273. The van der Waals surface area contributed by atoms with Gasteiger partial charge in [0.25, 0.3) is 0 Å². The summed E-state index contributed by atoms with van der Waals surface area (Å²) in [5.74, 6) is -0.506. The zero-order valence-corrected chi connectivity index (χ0v) is 5.67. The van der Waals surface area contributed by atoms with Crippen LogP contribution in [0.3, 0.4) is 0 Å². The van der Waals surface area contributed by atoms with Gasteiger partial charge in [0, 0.05) is 0 Å². The Morgan fingerprint density at radius 1 is 1.67 bits per heavy atom. The van der Waals surface area contributed by atoms with Gasteiger partial charge in [0.2, 0.25) is 12.4 Å². The fourth-order valence-corrected chi connectivity index (χ4v) is 0.585. The SMILES string of the molecule is O=C=Nc1cncnc1[N+](=O)[O-]. The molecule has 0 atom stereocenters. The first-order valence-electron chi connectivity index (χ1n) is 2.78. The van der Waals surface area contributed by atoms with Gasteiger partial charge in [-0.3, -0.25) is 0 Å². The monoisotopic (exact) mass is 166 g/mol. The zero-order valence-electron chi connectivity index (χ0n) is 5.67. The second-order valence-electron chi connectivity index (χ2n) is 1.69. The Morgan fingerprint density at radius 2 is 2.42 bits per heavy atom. The number of hydrogen-bond donors (Lipinski definition) is 0. The maximum Gasteiger partial charge on any atom is 0.393 e. The third-order valence-electron chi connectivity index (χ3n) is 1.01. The van der Waals surface area contributed by atoms with Gasteiger partial charge in [0.05, 0.1) is 6.20 Å². The smallest absolute Gasteiger partial charge is 0.358 e. The van der Waals surface area contributed by atoms with E-state index in [4.69, 9.17) is 0 Å². The van der Waals surface area contributed by atoms with Crippen molar-refractivity contribution < 1.29 is 9.72 Å². The van der Waals surface area contributed by atoms with E-state index in [2.05, 4.69) is 15.0 Å². The molecule has 0 N–H and O–H groups in total. The van der Waals surface area contributed by atoms with E-state index in [1.807, 2.05) is 0 Å². The Balaban J connectivity index is 3.26. The third kappa shape index (κ3) is 1.47. The van der Waals surface area contributed by atoms with E-state index in [0.29, 0.717) is 0 Å². The highest BCUT2D eigenvalue weighted by molar-refractivity contribution is 5.56. The van der Waals surface area contributed by atoms with Crippen LogP contribution in [0.25, 0.3) is 0 Å². The van der Waals surface area contributed by atoms with Gasteiger partial charge >= 0.3 is 5.82 Å². The van der Waals surface area contributed by atoms with Crippen molar-refractivity contribution in [3.63, 3.8) is 0 Å². The summed E-state index contributed by atoms with van der Waals surface area (Å²) in [5, 5.41) is 10.2. The lowest BCUT2D eigenvalue weighted by molar-refractivity contribution is -0.388. The second-order valence-corrected chi connectivity index (χ2v) is 1.69. The molecule has 0 unspecified atom stereocenters. The Kier molecular flexibility index (Phi) is 2.20. The lowest BCUT2D eigenvalue weighted by atomic mass is 10.5. The van der Waals surface area contributed by atoms with Crippen molar-refractivity contribution in [2.75, 3.05) is 0 Å². The lowest BCUT2D eigenvalue weighted by Gasteiger charge is -1.91. The van der Waals surface area contributed by atoms with Crippen LogP contribution in [0.2, 0.25) is 0 Å². The van der Waals surface area contributed by atoms with Gasteiger partial charge in [-0.25, -0.2) is 9.78 Å². The Morgan fingerprint density at radius 3 is 3.00 bits per heavy atom. The topological polar surface area (TPSA) is 98.3 Å². The molecule has 7 nitrogen and oxygen atoms in total. The number of carbonyl (C=O) groups excluding carboxylic acids is 1. The number of aromatic nitrogens is 2. The first kappa shape index (κ1) is 7.96. The minimum absolute atomic E-state index is 0.197. The molecule has 0 fully saturated rings. The van der Waals surface area contributed by atoms with Gasteiger partial charge in [-0.1, -0.05) is 0 Å². The van der Waals surface area contributed by atoms with E-state index < -0.39 is 10.7 Å². The predicted molar refractivity (Wildman–Crippen MR) is 36.5 cm³/mol. The molecule has 0 aliphatic carbocycles. The van der Waals surface area contributed by atoms with Crippen molar-refractivity contribution >= 4 is 17.6 Å². The maximum atomic E-state index is 10.2. The molecule has 0 radical (unpaired) electrons. The van der Waals surface area contributed by atoms with Crippen molar-refractivity contribution in [1.29, 1.82) is 0 Å². The average Bonchev–Trinajstić information content (AvgIpc) is 2.05. The molecule has 0 bridgehead atoms. The lowest BCUT2D eigenvalue weighted by Crippen LogP contribution is -1.92. The molecule has 60 valence electrons. The molecule has 0 amide bonds. The van der Waals surface area contributed by atoms with Crippen LogP contribution in [-0.2, 0) is 4.79 Å². The van der Waals surface area contributed by atoms with Crippen molar-refractivity contribution in [3.8, 4) is 0 Å². The first-order chi connectivity index (χ1) is 5.75. The normalized spacial score (nSPS) is 8.67. The first-order valence-corrected chi connectivity index (χ1v) is 2.78. The molecule has 1 heterocycles. The summed E-state index contributed by atoms with van der Waals surface area (Å²) >= 11 is 0. The van der Waals surface area contributed by atoms with E-state index >= 15 is 0 Å². The van der Waals surface area contributed by atoms with Gasteiger partial charge < -0.3 is 10.1 Å². The maximum absolute atomic E-state index is 10.2. The van der Waals surface area contributed by atoms with Crippen LogP contribution in [0.5, 0.6) is 0 Å². The van der Waals surface area contributed by atoms with Crippen LogP contribution in [0, 0.1) is 10.1 Å². The summed E-state index contributed by atoms with van der Waals surface area (Å²) in [5.41, 5.74) is -0.197. The minimum atomic E-state index is -0.752. The highest BCUT2D eigenvalue weighted by atomic mass is 16.6. The van der Waals surface area contributed by atoms with Gasteiger partial charge in [-0.05, 0) is 9.91 Å². The Labute approximate surface area is 65.9 Å². The fourth-order valence-electron chi connectivity index (χ4n) is 0.585. The van der Waals surface area contributed by atoms with Crippen LogP contribution in [0.4, 0.5) is 11.5 Å². The molecule has 0 aliphatic rings. The molecular formula is C5H2N4O3. The average molecular weight is 166 g/mol. The molecule has 0 saturated heterocycles. The second kappa shape index (κ2) is 3.31. The molecule has 1 aromatic heterocycles. The van der Waals surface area contributed by atoms with Gasteiger partial charge in [0.1, 0.15) is 0 Å². The van der Waals surface area contributed by atoms with E-state index in [-0.39, 0.29) is 5.69 Å². The standard InChI is InChI=1S/C5H2N4O3/c10-3-8-4-1-6-2-7-5(4)9(11)12/h1-2H. The highest BCUT2D eigenvalue weighted by Crippen LogP contribution is 2.20. The minimum Gasteiger partial charge on any atom is -0.358 e. The van der Waals surface area contributed by atoms with E-state index in [1.165, 1.54) is 6.08 Å². The van der Waals surface area contributed by atoms with Crippen LogP contribution in [0.15, 0.2) is 17.5 Å². The van der Waals surface area contributed by atoms with E-state index in [9.17, 15) is 14.9 Å². The largest absolute Gasteiger partial charge is 0.393 e. The molecule has 12 heavy (non-hydrogen) atoms. The number of aliphatic imine (C=N–C) groups is 1. The summed E-state index contributed by atoms with van der Waals surface area (Å²) in [7, 11) is 0. The summed E-state index contributed by atoms with van der Waals surface area (Å²) in [6.45, 7) is 0. The van der Waals surface area contributed by atoms with Crippen LogP contribution in [-0.4, -0.2) is 21.0 Å². The van der Waals surface area contributed by atoms with Gasteiger partial charge in [-0.2, -0.15) is 4.99 Å². The highest BCUT2D eigenvalue weighted by Gasteiger charge is 2.13. The van der Waals surface area contributed by atoms with Gasteiger partial charge in [0.15, 0.2) is 5.69 Å². The Hall–Kier alpha value is -2.14. The van der Waals surface area contributed by atoms with E-state index in [0.717, 1.165) is 12.5 Å². The molecule has 0 spiro atoms. The molecule has 0 saturated carbocycles. The third-order valence-corrected chi connectivity index (χ3v) is 1.01. The van der Waals surface area contributed by atoms with Crippen molar-refractivity contribution in [2.24, 2.45) is 4.99 Å². The summed E-state index contributed by atoms with van der Waals surface area (Å²) in [6.07, 6.45) is 3.24. The molecule has 1 rings (SSSR count). The number of hydrogen-bond acceptors (Lipinski definition) is 6. The number of nitro groups is 1. The fraction of sp³-hybridized carbons (Fsp3) is 0. The Bertz CT molecular complexity index is 336. The summed E-state index contributed by atoms with van der Waals surface area (Å²) in [6, 6.07) is 0. The van der Waals surface area contributed by atoms with Crippen molar-refractivity contribution in [1.82, 2.24) is 9.97 Å². The summed E-state index contributed by atoms with van der Waals surface area (Å²) < 4.78 is 0. The molecule has 0 aromatic carbocycles. The predicted octanol–water partition coefficient (Wildman–Crippen LogP) is 0.352. The van der Waals surface area contributed by atoms with E-state index in [1.54, 1.807) is 0 Å². The molecule has 7 heteroatoms. The molecule has 1 aromatic rings. The van der Waals surface area contributed by atoms with Crippen molar-refractivity contribution in [2.45, 2.75) is 0 Å². The summed E-state index contributed by atoms with van der Waals surface area (Å²) in [4.78, 5) is 29.1. The van der Waals surface area contributed by atoms with Crippen LogP contribution < -0.4 is 0 Å². The molecular weight excluding hydrogens is 164 g/mol.